The Labute approximate surface area is 122 Å². The van der Waals surface area contributed by atoms with Crippen LogP contribution in [-0.2, 0) is 6.54 Å². The van der Waals surface area contributed by atoms with Gasteiger partial charge in [-0.2, -0.15) is 5.10 Å². The van der Waals surface area contributed by atoms with Crippen molar-refractivity contribution in [3.05, 3.63) is 28.2 Å². The fourth-order valence-electron chi connectivity index (χ4n) is 2.14. The van der Waals surface area contributed by atoms with Crippen LogP contribution < -0.4 is 15.0 Å². The van der Waals surface area contributed by atoms with Crippen LogP contribution in [0.5, 0.6) is 11.5 Å². The smallest absolute Gasteiger partial charge is 0.274 e. The van der Waals surface area contributed by atoms with E-state index < -0.39 is 0 Å². The molecule has 2 aromatic rings. The molecule has 0 aliphatic carbocycles. The first-order chi connectivity index (χ1) is 9.62. The molecule has 108 valence electrons. The normalized spacial score (nSPS) is 10.8. The van der Waals surface area contributed by atoms with Gasteiger partial charge in [-0.25, -0.2) is 4.68 Å². The third-order valence-corrected chi connectivity index (χ3v) is 3.42. The number of hydrogen-bond acceptors (Lipinski definition) is 4. The maximum atomic E-state index is 12.4. The molecule has 0 aliphatic heterocycles. The molecule has 0 saturated heterocycles. The van der Waals surface area contributed by atoms with Crippen LogP contribution in [0.15, 0.2) is 16.9 Å². The van der Waals surface area contributed by atoms with Crippen molar-refractivity contribution >= 4 is 22.4 Å². The molecule has 1 aromatic heterocycles. The van der Waals surface area contributed by atoms with Gasteiger partial charge in [-0.05, 0) is 25.5 Å². The van der Waals surface area contributed by atoms with E-state index in [0.717, 1.165) is 11.1 Å². The van der Waals surface area contributed by atoms with Crippen LogP contribution in [0.3, 0.4) is 0 Å². The predicted octanol–water partition coefficient (Wildman–Crippen LogP) is 2.35. The second-order valence-corrected chi connectivity index (χ2v) is 4.79. The van der Waals surface area contributed by atoms with Crippen LogP contribution >= 0.6 is 11.6 Å². The lowest BCUT2D eigenvalue weighted by Gasteiger charge is -2.12. The number of halogens is 1. The number of aromatic nitrogens is 2. The molecule has 0 fully saturated rings. The molecule has 0 N–H and O–H groups in total. The quantitative estimate of drug-likeness (QED) is 0.795. The number of hydrogen-bond donors (Lipinski definition) is 0. The largest absolute Gasteiger partial charge is 0.493 e. The van der Waals surface area contributed by atoms with Crippen molar-refractivity contribution in [1.29, 1.82) is 0 Å². The van der Waals surface area contributed by atoms with Gasteiger partial charge in [0.15, 0.2) is 11.5 Å². The average molecular weight is 297 g/mol. The molecule has 1 aromatic carbocycles. The summed E-state index contributed by atoms with van der Waals surface area (Å²) in [7, 11) is 3.11. The van der Waals surface area contributed by atoms with Gasteiger partial charge in [0.25, 0.3) is 5.56 Å². The molecule has 20 heavy (non-hydrogen) atoms. The molecular weight excluding hydrogens is 280 g/mol. The zero-order valence-electron chi connectivity index (χ0n) is 11.8. The van der Waals surface area contributed by atoms with E-state index in [1.807, 2.05) is 6.92 Å². The van der Waals surface area contributed by atoms with Crippen molar-refractivity contribution in [3.63, 3.8) is 0 Å². The average Bonchev–Trinajstić information content (AvgIpc) is 2.48. The lowest BCUT2D eigenvalue weighted by molar-refractivity contribution is 0.355. The first-order valence-electron chi connectivity index (χ1n) is 6.31. The van der Waals surface area contributed by atoms with E-state index in [9.17, 15) is 4.79 Å². The van der Waals surface area contributed by atoms with E-state index in [1.54, 1.807) is 26.4 Å². The third kappa shape index (κ3) is 2.58. The molecule has 1 heterocycles. The Kier molecular flexibility index (Phi) is 4.49. The van der Waals surface area contributed by atoms with Crippen molar-refractivity contribution in [1.82, 2.24) is 9.78 Å². The highest BCUT2D eigenvalue weighted by Crippen LogP contribution is 2.31. The summed E-state index contributed by atoms with van der Waals surface area (Å²) in [5, 5.41) is 5.67. The molecule has 0 amide bonds. The molecule has 0 unspecified atom stereocenters. The Hall–Kier alpha value is -1.75. The fraction of sp³-hybridized carbons (Fsp3) is 0.429. The standard InChI is InChI=1S/C14H17ClN2O3/c1-9-10-7-12(19-2)13(20-3)8-11(10)14(18)17(16-9)6-4-5-15/h7-8H,4-6H2,1-3H3. The van der Waals surface area contributed by atoms with Crippen LogP contribution in [-0.4, -0.2) is 29.9 Å². The molecule has 5 nitrogen and oxygen atoms in total. The monoisotopic (exact) mass is 296 g/mol. The van der Waals surface area contributed by atoms with Crippen LogP contribution in [0, 0.1) is 6.92 Å². The molecule has 0 bridgehead atoms. The number of ether oxygens (including phenoxy) is 2. The lowest BCUT2D eigenvalue weighted by Crippen LogP contribution is -2.24. The second kappa shape index (κ2) is 6.13. The minimum atomic E-state index is -0.142. The van der Waals surface area contributed by atoms with Gasteiger partial charge in [0.1, 0.15) is 0 Å². The molecule has 0 saturated carbocycles. The fourth-order valence-corrected chi connectivity index (χ4v) is 2.26. The zero-order valence-corrected chi connectivity index (χ0v) is 12.5. The van der Waals surface area contributed by atoms with Gasteiger partial charge in [0.2, 0.25) is 0 Å². The Morgan fingerprint density at radius 1 is 1.20 bits per heavy atom. The van der Waals surface area contributed by atoms with Crippen LogP contribution in [0.2, 0.25) is 0 Å². The minimum Gasteiger partial charge on any atom is -0.493 e. The first-order valence-corrected chi connectivity index (χ1v) is 6.85. The number of methoxy groups -OCH3 is 2. The Morgan fingerprint density at radius 3 is 2.35 bits per heavy atom. The van der Waals surface area contributed by atoms with Gasteiger partial charge in [-0.15, -0.1) is 11.6 Å². The van der Waals surface area contributed by atoms with E-state index in [-0.39, 0.29) is 5.56 Å². The van der Waals surface area contributed by atoms with E-state index in [2.05, 4.69) is 5.10 Å². The third-order valence-electron chi connectivity index (χ3n) is 3.15. The number of benzene rings is 1. The first kappa shape index (κ1) is 14.7. The SMILES string of the molecule is COc1cc2c(C)nn(CCCCl)c(=O)c2cc1OC. The summed E-state index contributed by atoms with van der Waals surface area (Å²) in [6.45, 7) is 2.37. The van der Waals surface area contributed by atoms with Crippen LogP contribution in [0.1, 0.15) is 12.1 Å². The van der Waals surface area contributed by atoms with Crippen molar-refractivity contribution in [2.45, 2.75) is 19.9 Å². The summed E-state index contributed by atoms with van der Waals surface area (Å²) in [6.07, 6.45) is 0.701. The Balaban J connectivity index is 2.69. The van der Waals surface area contributed by atoms with E-state index >= 15 is 0 Å². The van der Waals surface area contributed by atoms with E-state index in [0.29, 0.717) is 35.7 Å². The molecule has 0 atom stereocenters. The second-order valence-electron chi connectivity index (χ2n) is 4.41. The molecule has 6 heteroatoms. The van der Waals surface area contributed by atoms with Crippen molar-refractivity contribution in [2.24, 2.45) is 0 Å². The summed E-state index contributed by atoms with van der Waals surface area (Å²) in [6, 6.07) is 3.48. The highest BCUT2D eigenvalue weighted by atomic mass is 35.5. The number of aryl methyl sites for hydroxylation is 2. The maximum absolute atomic E-state index is 12.4. The summed E-state index contributed by atoms with van der Waals surface area (Å²) >= 11 is 5.67. The minimum absolute atomic E-state index is 0.142. The van der Waals surface area contributed by atoms with Crippen molar-refractivity contribution in [3.8, 4) is 11.5 Å². The van der Waals surface area contributed by atoms with Gasteiger partial charge in [0.05, 0.1) is 25.3 Å². The summed E-state index contributed by atoms with van der Waals surface area (Å²) in [5.74, 6) is 1.62. The summed E-state index contributed by atoms with van der Waals surface area (Å²) in [4.78, 5) is 12.4. The number of nitrogens with zero attached hydrogens (tertiary/aromatic N) is 2. The number of rotatable bonds is 5. The van der Waals surface area contributed by atoms with E-state index in [1.165, 1.54) is 4.68 Å². The zero-order chi connectivity index (χ0) is 14.7. The Morgan fingerprint density at radius 2 is 1.80 bits per heavy atom. The number of fused-ring (bicyclic) bond motifs is 1. The highest BCUT2D eigenvalue weighted by molar-refractivity contribution is 6.17. The van der Waals surface area contributed by atoms with Gasteiger partial charge >= 0.3 is 0 Å². The van der Waals surface area contributed by atoms with Crippen LogP contribution in [0.4, 0.5) is 0 Å². The van der Waals surface area contributed by atoms with Gasteiger partial charge in [0, 0.05) is 17.8 Å². The summed E-state index contributed by atoms with van der Waals surface area (Å²) < 4.78 is 12.0. The molecule has 0 aliphatic rings. The van der Waals surface area contributed by atoms with Crippen LogP contribution in [0.25, 0.3) is 10.8 Å². The summed E-state index contributed by atoms with van der Waals surface area (Å²) in [5.41, 5.74) is 0.631. The topological polar surface area (TPSA) is 53.4 Å². The molecular formula is C14H17ClN2O3. The van der Waals surface area contributed by atoms with Gasteiger partial charge < -0.3 is 9.47 Å². The van der Waals surface area contributed by atoms with Gasteiger partial charge in [-0.3, -0.25) is 4.79 Å². The van der Waals surface area contributed by atoms with Gasteiger partial charge in [-0.1, -0.05) is 0 Å². The molecule has 0 radical (unpaired) electrons. The predicted molar refractivity (Wildman–Crippen MR) is 79.2 cm³/mol. The molecule has 0 spiro atoms. The lowest BCUT2D eigenvalue weighted by atomic mass is 10.1. The number of alkyl halides is 1. The Bertz CT molecular complexity index is 682. The van der Waals surface area contributed by atoms with Crippen molar-refractivity contribution < 1.29 is 9.47 Å². The highest BCUT2D eigenvalue weighted by Gasteiger charge is 2.13. The molecule has 2 rings (SSSR count). The maximum Gasteiger partial charge on any atom is 0.274 e. The van der Waals surface area contributed by atoms with E-state index in [4.69, 9.17) is 21.1 Å². The van der Waals surface area contributed by atoms with Crippen molar-refractivity contribution in [2.75, 3.05) is 20.1 Å².